The van der Waals surface area contributed by atoms with Gasteiger partial charge in [-0.1, -0.05) is 27.5 Å². The molecule has 1 aromatic rings. The second-order valence-electron chi connectivity index (χ2n) is 2.38. The summed E-state index contributed by atoms with van der Waals surface area (Å²) in [6.45, 7) is 0. The Labute approximate surface area is 91.6 Å². The van der Waals surface area contributed by atoms with Crippen molar-refractivity contribution in [2.75, 3.05) is 0 Å². The molecule has 1 N–H and O–H groups in total. The molecule has 0 spiro atoms. The van der Waals surface area contributed by atoms with E-state index in [0.717, 1.165) is 6.07 Å². The van der Waals surface area contributed by atoms with Gasteiger partial charge in [0.2, 0.25) is 0 Å². The number of benzene rings is 1. The number of carboxylic acids is 1. The van der Waals surface area contributed by atoms with Crippen LogP contribution in [0, 0.1) is 5.82 Å². The number of halogens is 3. The average Bonchev–Trinajstić information content (AvgIpc) is 2.09. The Kier molecular flexibility index (Phi) is 3.23. The second kappa shape index (κ2) is 4.06. The number of carboxylic acid groups (broad SMARTS) is 1. The third-order valence-electron chi connectivity index (χ3n) is 1.43. The molecule has 0 bridgehead atoms. The minimum Gasteiger partial charge on any atom is -0.475 e. The number of hydrogen-bond donors (Lipinski definition) is 1. The molecule has 0 unspecified atom stereocenters. The fourth-order valence-corrected chi connectivity index (χ4v) is 1.65. The van der Waals surface area contributed by atoms with E-state index in [1.165, 1.54) is 6.07 Å². The molecule has 0 aliphatic rings. The Hall–Kier alpha value is -0.940. The highest BCUT2D eigenvalue weighted by molar-refractivity contribution is 9.10. The maximum absolute atomic E-state index is 13.2. The summed E-state index contributed by atoms with van der Waals surface area (Å²) in [4.78, 5) is 21.3. The van der Waals surface area contributed by atoms with Crippen LogP contribution < -0.4 is 0 Å². The number of ketones is 1. The molecule has 14 heavy (non-hydrogen) atoms. The maximum atomic E-state index is 13.2. The largest absolute Gasteiger partial charge is 0.475 e. The molecule has 0 heterocycles. The first-order valence-electron chi connectivity index (χ1n) is 3.35. The van der Waals surface area contributed by atoms with Crippen LogP contribution in [0.1, 0.15) is 10.4 Å². The van der Waals surface area contributed by atoms with E-state index < -0.39 is 23.1 Å². The van der Waals surface area contributed by atoms with Crippen molar-refractivity contribution in [3.63, 3.8) is 0 Å². The summed E-state index contributed by atoms with van der Waals surface area (Å²) in [5, 5.41) is 8.07. The van der Waals surface area contributed by atoms with E-state index in [9.17, 15) is 14.0 Å². The van der Waals surface area contributed by atoms with Crippen LogP contribution >= 0.6 is 27.5 Å². The lowest BCUT2D eigenvalue weighted by atomic mass is 10.1. The second-order valence-corrected chi connectivity index (χ2v) is 3.71. The first-order valence-corrected chi connectivity index (χ1v) is 4.52. The zero-order valence-electron chi connectivity index (χ0n) is 6.55. The van der Waals surface area contributed by atoms with Crippen LogP contribution in [-0.2, 0) is 4.79 Å². The van der Waals surface area contributed by atoms with Gasteiger partial charge in [-0.2, -0.15) is 0 Å². The molecular weight excluding hydrogens is 278 g/mol. The molecule has 0 amide bonds. The van der Waals surface area contributed by atoms with E-state index in [4.69, 9.17) is 16.7 Å². The summed E-state index contributed by atoms with van der Waals surface area (Å²) in [5.74, 6) is -4.08. The SMILES string of the molecule is O=C(O)C(=O)c1cc(Br)cc(Cl)c1F. The highest BCUT2D eigenvalue weighted by Gasteiger charge is 2.21. The van der Waals surface area contributed by atoms with Gasteiger partial charge in [-0.3, -0.25) is 4.79 Å². The molecule has 0 aliphatic carbocycles. The van der Waals surface area contributed by atoms with Crippen molar-refractivity contribution >= 4 is 39.3 Å². The lowest BCUT2D eigenvalue weighted by molar-refractivity contribution is -0.131. The van der Waals surface area contributed by atoms with Gasteiger partial charge < -0.3 is 5.11 Å². The summed E-state index contributed by atoms with van der Waals surface area (Å²) in [5.41, 5.74) is -0.558. The minimum absolute atomic E-state index is 0.302. The van der Waals surface area contributed by atoms with Crippen molar-refractivity contribution in [3.8, 4) is 0 Å². The molecule has 0 aliphatic heterocycles. The van der Waals surface area contributed by atoms with E-state index in [1.54, 1.807) is 0 Å². The van der Waals surface area contributed by atoms with Crippen molar-refractivity contribution < 1.29 is 19.1 Å². The topological polar surface area (TPSA) is 54.4 Å². The summed E-state index contributed by atoms with van der Waals surface area (Å²) < 4.78 is 13.5. The minimum atomic E-state index is -1.72. The van der Waals surface area contributed by atoms with Crippen LogP contribution in [0.5, 0.6) is 0 Å². The van der Waals surface area contributed by atoms with Crippen molar-refractivity contribution in [1.29, 1.82) is 0 Å². The van der Waals surface area contributed by atoms with E-state index >= 15 is 0 Å². The third kappa shape index (κ3) is 2.10. The zero-order chi connectivity index (χ0) is 10.9. The van der Waals surface area contributed by atoms with Crippen molar-refractivity contribution in [3.05, 3.63) is 33.0 Å². The van der Waals surface area contributed by atoms with Gasteiger partial charge in [-0.15, -0.1) is 0 Å². The quantitative estimate of drug-likeness (QED) is 0.515. The molecule has 1 rings (SSSR count). The molecule has 6 heteroatoms. The number of carbonyl (C=O) groups is 2. The van der Waals surface area contributed by atoms with E-state index in [0.29, 0.717) is 4.47 Å². The maximum Gasteiger partial charge on any atom is 0.377 e. The molecule has 0 saturated carbocycles. The molecule has 0 saturated heterocycles. The molecule has 0 radical (unpaired) electrons. The van der Waals surface area contributed by atoms with Crippen LogP contribution in [-0.4, -0.2) is 16.9 Å². The van der Waals surface area contributed by atoms with Crippen LogP contribution in [0.3, 0.4) is 0 Å². The lowest BCUT2D eigenvalue weighted by Crippen LogP contribution is -2.14. The van der Waals surface area contributed by atoms with E-state index in [1.807, 2.05) is 0 Å². The Bertz CT molecular complexity index is 419. The molecule has 0 atom stereocenters. The molecule has 1 aromatic carbocycles. The first-order chi connectivity index (χ1) is 6.43. The Morgan fingerprint density at radius 1 is 1.43 bits per heavy atom. The van der Waals surface area contributed by atoms with Gasteiger partial charge >= 0.3 is 5.97 Å². The van der Waals surface area contributed by atoms with Crippen molar-refractivity contribution in [1.82, 2.24) is 0 Å². The van der Waals surface area contributed by atoms with Gasteiger partial charge in [0.05, 0.1) is 10.6 Å². The van der Waals surface area contributed by atoms with Gasteiger partial charge in [-0.05, 0) is 12.1 Å². The number of hydrogen-bond acceptors (Lipinski definition) is 2. The van der Waals surface area contributed by atoms with E-state index in [-0.39, 0.29) is 5.02 Å². The van der Waals surface area contributed by atoms with Gasteiger partial charge in [0.25, 0.3) is 5.78 Å². The molecule has 0 fully saturated rings. The summed E-state index contributed by atoms with van der Waals surface area (Å²) in [6, 6.07) is 2.30. The third-order valence-corrected chi connectivity index (χ3v) is 2.16. The van der Waals surface area contributed by atoms with Gasteiger partial charge in [-0.25, -0.2) is 9.18 Å². The highest BCUT2D eigenvalue weighted by atomic mass is 79.9. The van der Waals surface area contributed by atoms with Gasteiger partial charge in [0.15, 0.2) is 5.82 Å². The Balaban J connectivity index is 3.34. The zero-order valence-corrected chi connectivity index (χ0v) is 8.89. The lowest BCUT2D eigenvalue weighted by Gasteiger charge is -2.01. The predicted octanol–water partition coefficient (Wildman–Crippen LogP) is 2.51. The molecule has 74 valence electrons. The predicted molar refractivity (Wildman–Crippen MR) is 51.1 cm³/mol. The first kappa shape index (κ1) is 11.1. The van der Waals surface area contributed by atoms with Crippen LogP contribution in [0.25, 0.3) is 0 Å². The van der Waals surface area contributed by atoms with Gasteiger partial charge in [0, 0.05) is 4.47 Å². The summed E-state index contributed by atoms with van der Waals surface area (Å²) in [7, 11) is 0. The number of Topliss-reactive ketones (excluding diaryl/α,β-unsaturated/α-hetero) is 1. The monoisotopic (exact) mass is 280 g/mol. The van der Waals surface area contributed by atoms with Gasteiger partial charge in [0.1, 0.15) is 0 Å². The molecule has 3 nitrogen and oxygen atoms in total. The smallest absolute Gasteiger partial charge is 0.377 e. The summed E-state index contributed by atoms with van der Waals surface area (Å²) >= 11 is 8.39. The standard InChI is InChI=1S/C8H3BrClFO3/c9-3-1-4(7(12)8(13)14)6(11)5(10)2-3/h1-2H,(H,13,14). The van der Waals surface area contributed by atoms with Crippen molar-refractivity contribution in [2.45, 2.75) is 0 Å². The van der Waals surface area contributed by atoms with Crippen LogP contribution in [0.4, 0.5) is 4.39 Å². The number of rotatable bonds is 2. The number of carbonyl (C=O) groups excluding carboxylic acids is 1. The average molecular weight is 281 g/mol. The Morgan fingerprint density at radius 3 is 2.50 bits per heavy atom. The normalized spacial score (nSPS) is 9.93. The van der Waals surface area contributed by atoms with Crippen LogP contribution in [0.15, 0.2) is 16.6 Å². The number of aliphatic carboxylic acids is 1. The Morgan fingerprint density at radius 2 is 2.00 bits per heavy atom. The molecular formula is C8H3BrClFO3. The highest BCUT2D eigenvalue weighted by Crippen LogP contribution is 2.24. The summed E-state index contributed by atoms with van der Waals surface area (Å²) in [6.07, 6.45) is 0. The fourth-order valence-electron chi connectivity index (χ4n) is 0.836. The van der Waals surface area contributed by atoms with Crippen molar-refractivity contribution in [2.24, 2.45) is 0 Å². The van der Waals surface area contributed by atoms with E-state index in [2.05, 4.69) is 15.9 Å². The fraction of sp³-hybridized carbons (Fsp3) is 0. The van der Waals surface area contributed by atoms with Crippen LogP contribution in [0.2, 0.25) is 5.02 Å². The molecule has 0 aromatic heterocycles.